The van der Waals surface area contributed by atoms with Crippen LogP contribution in [-0.2, 0) is 5.88 Å². The molecule has 0 aliphatic heterocycles. The van der Waals surface area contributed by atoms with Crippen molar-refractivity contribution in [1.82, 2.24) is 14.5 Å². The van der Waals surface area contributed by atoms with Crippen LogP contribution in [0.4, 0.5) is 4.39 Å². The van der Waals surface area contributed by atoms with Gasteiger partial charge in [0.15, 0.2) is 5.65 Å². The fourth-order valence-corrected chi connectivity index (χ4v) is 2.54. The molecular weight excluding hydrogens is 300 g/mol. The van der Waals surface area contributed by atoms with E-state index in [1.54, 1.807) is 16.8 Å². The maximum atomic E-state index is 13.5. The van der Waals surface area contributed by atoms with E-state index in [9.17, 15) is 4.39 Å². The molecule has 0 N–H and O–H groups in total. The molecule has 2 heterocycles. The van der Waals surface area contributed by atoms with Gasteiger partial charge in [-0.05, 0) is 36.8 Å². The van der Waals surface area contributed by atoms with E-state index in [4.69, 9.17) is 23.2 Å². The Bertz CT molecular complexity index is 778. The van der Waals surface area contributed by atoms with Crippen molar-refractivity contribution in [3.63, 3.8) is 0 Å². The van der Waals surface area contributed by atoms with E-state index in [0.717, 1.165) is 11.1 Å². The van der Waals surface area contributed by atoms with Crippen LogP contribution in [0.5, 0.6) is 0 Å². The summed E-state index contributed by atoms with van der Waals surface area (Å²) in [6.07, 6.45) is 1.74. The minimum absolute atomic E-state index is 0.198. The smallest absolute Gasteiger partial charge is 0.164 e. The molecule has 0 fully saturated rings. The van der Waals surface area contributed by atoms with Crippen molar-refractivity contribution in [2.75, 3.05) is 0 Å². The number of pyridine rings is 1. The van der Waals surface area contributed by atoms with E-state index in [2.05, 4.69) is 9.97 Å². The monoisotopic (exact) mass is 309 g/mol. The fourth-order valence-electron chi connectivity index (χ4n) is 2.14. The molecule has 20 heavy (non-hydrogen) atoms. The van der Waals surface area contributed by atoms with Crippen LogP contribution in [0.1, 0.15) is 11.4 Å². The van der Waals surface area contributed by atoms with E-state index in [1.165, 1.54) is 12.1 Å². The van der Waals surface area contributed by atoms with Gasteiger partial charge in [0, 0.05) is 11.2 Å². The highest BCUT2D eigenvalue weighted by Gasteiger charge is 2.14. The Morgan fingerprint density at radius 1 is 1.25 bits per heavy atom. The van der Waals surface area contributed by atoms with Gasteiger partial charge >= 0.3 is 0 Å². The number of hydrogen-bond acceptors (Lipinski definition) is 2. The van der Waals surface area contributed by atoms with Gasteiger partial charge in [0.1, 0.15) is 17.2 Å². The number of hydrogen-bond donors (Lipinski definition) is 0. The first-order valence-corrected chi connectivity index (χ1v) is 6.86. The molecule has 0 saturated carbocycles. The van der Waals surface area contributed by atoms with Crippen molar-refractivity contribution in [2.24, 2.45) is 0 Å². The first-order valence-electron chi connectivity index (χ1n) is 5.95. The van der Waals surface area contributed by atoms with Gasteiger partial charge < -0.3 is 0 Å². The highest BCUT2D eigenvalue weighted by atomic mass is 35.5. The summed E-state index contributed by atoms with van der Waals surface area (Å²) in [4.78, 5) is 8.79. The Morgan fingerprint density at radius 2 is 2.05 bits per heavy atom. The molecule has 2 aromatic heterocycles. The average Bonchev–Trinajstić information content (AvgIpc) is 2.74. The van der Waals surface area contributed by atoms with Crippen molar-refractivity contribution in [2.45, 2.75) is 12.8 Å². The zero-order valence-corrected chi connectivity index (χ0v) is 12.1. The minimum atomic E-state index is -0.415. The van der Waals surface area contributed by atoms with Crippen LogP contribution in [0.2, 0.25) is 5.02 Å². The lowest BCUT2D eigenvalue weighted by molar-refractivity contribution is 0.626. The number of imidazole rings is 1. The number of aromatic nitrogens is 3. The van der Waals surface area contributed by atoms with Gasteiger partial charge in [-0.1, -0.05) is 11.6 Å². The Morgan fingerprint density at radius 3 is 2.75 bits per heavy atom. The normalized spacial score (nSPS) is 11.2. The van der Waals surface area contributed by atoms with E-state index in [0.29, 0.717) is 22.2 Å². The number of rotatable bonds is 2. The molecular formula is C14H10Cl2FN3. The van der Waals surface area contributed by atoms with Crippen molar-refractivity contribution < 1.29 is 4.39 Å². The average molecular weight is 310 g/mol. The summed E-state index contributed by atoms with van der Waals surface area (Å²) in [6, 6.07) is 6.20. The zero-order valence-electron chi connectivity index (χ0n) is 10.6. The lowest BCUT2D eigenvalue weighted by atomic mass is 10.3. The molecule has 1 aromatic carbocycles. The van der Waals surface area contributed by atoms with Crippen LogP contribution in [0, 0.1) is 12.7 Å². The molecule has 0 amide bonds. The van der Waals surface area contributed by atoms with Gasteiger partial charge in [-0.15, -0.1) is 11.6 Å². The minimum Gasteiger partial charge on any atom is -0.280 e. The molecule has 0 aliphatic carbocycles. The molecule has 0 radical (unpaired) electrons. The van der Waals surface area contributed by atoms with E-state index in [1.807, 2.05) is 13.0 Å². The summed E-state index contributed by atoms with van der Waals surface area (Å²) in [7, 11) is 0. The Hall–Kier alpha value is -1.65. The summed E-state index contributed by atoms with van der Waals surface area (Å²) in [5.74, 6) is 0.382. The van der Waals surface area contributed by atoms with Gasteiger partial charge in [0.2, 0.25) is 0 Å². The summed E-state index contributed by atoms with van der Waals surface area (Å²) in [5.41, 5.74) is 2.92. The third kappa shape index (κ3) is 2.25. The maximum absolute atomic E-state index is 13.5. The highest BCUT2D eigenvalue weighted by molar-refractivity contribution is 6.30. The second kappa shape index (κ2) is 5.04. The maximum Gasteiger partial charge on any atom is 0.164 e. The molecule has 3 rings (SSSR count). The molecule has 0 atom stereocenters. The van der Waals surface area contributed by atoms with Crippen LogP contribution >= 0.6 is 23.2 Å². The highest BCUT2D eigenvalue weighted by Crippen LogP contribution is 2.24. The van der Waals surface area contributed by atoms with Gasteiger partial charge in [-0.2, -0.15) is 0 Å². The molecule has 0 unspecified atom stereocenters. The van der Waals surface area contributed by atoms with E-state index >= 15 is 0 Å². The Balaban J connectivity index is 2.33. The van der Waals surface area contributed by atoms with Gasteiger partial charge in [-0.25, -0.2) is 14.4 Å². The summed E-state index contributed by atoms with van der Waals surface area (Å²) >= 11 is 11.8. The third-order valence-electron chi connectivity index (χ3n) is 2.93. The Kier molecular flexibility index (Phi) is 3.36. The third-order valence-corrected chi connectivity index (χ3v) is 3.39. The number of benzene rings is 1. The molecule has 102 valence electrons. The van der Waals surface area contributed by atoms with Crippen molar-refractivity contribution >= 4 is 34.4 Å². The quantitative estimate of drug-likeness (QED) is 0.662. The van der Waals surface area contributed by atoms with Gasteiger partial charge in [-0.3, -0.25) is 4.57 Å². The molecule has 0 saturated heterocycles. The second-order valence-corrected chi connectivity index (χ2v) is 5.18. The SMILES string of the molecule is Cc1cnc2c(c1)nc(CCl)n2-c1cc(F)cc(Cl)c1. The Labute approximate surface area is 125 Å². The largest absolute Gasteiger partial charge is 0.280 e. The molecule has 0 spiro atoms. The topological polar surface area (TPSA) is 30.7 Å². The fraction of sp³-hybridized carbons (Fsp3) is 0.143. The van der Waals surface area contributed by atoms with Crippen molar-refractivity contribution in [1.29, 1.82) is 0 Å². The molecule has 0 aliphatic rings. The van der Waals surface area contributed by atoms with Crippen molar-refractivity contribution in [3.8, 4) is 5.69 Å². The van der Waals surface area contributed by atoms with Crippen LogP contribution in [-0.4, -0.2) is 14.5 Å². The van der Waals surface area contributed by atoms with Crippen molar-refractivity contribution in [3.05, 3.63) is 52.7 Å². The van der Waals surface area contributed by atoms with E-state index < -0.39 is 5.82 Å². The van der Waals surface area contributed by atoms with E-state index in [-0.39, 0.29) is 5.88 Å². The molecule has 0 bridgehead atoms. The summed E-state index contributed by atoms with van der Waals surface area (Å²) < 4.78 is 15.3. The predicted octanol–water partition coefficient (Wildman–Crippen LogP) is 4.26. The van der Waals surface area contributed by atoms with Crippen LogP contribution in [0.25, 0.3) is 16.9 Å². The molecule has 3 aromatic rings. The zero-order chi connectivity index (χ0) is 14.3. The lowest BCUT2D eigenvalue weighted by Gasteiger charge is -2.08. The van der Waals surface area contributed by atoms with Gasteiger partial charge in [0.25, 0.3) is 0 Å². The summed E-state index contributed by atoms with van der Waals surface area (Å²) in [6.45, 7) is 1.94. The number of halogens is 3. The van der Waals surface area contributed by atoms with Crippen LogP contribution < -0.4 is 0 Å². The number of fused-ring (bicyclic) bond motifs is 1. The summed E-state index contributed by atoms with van der Waals surface area (Å²) in [5, 5.41) is 0.314. The number of nitrogens with zero attached hydrogens (tertiary/aromatic N) is 3. The molecule has 6 heteroatoms. The number of aryl methyl sites for hydroxylation is 1. The van der Waals surface area contributed by atoms with Crippen LogP contribution in [0.3, 0.4) is 0 Å². The van der Waals surface area contributed by atoms with Gasteiger partial charge in [0.05, 0.1) is 11.6 Å². The second-order valence-electron chi connectivity index (χ2n) is 4.48. The lowest BCUT2D eigenvalue weighted by Crippen LogP contribution is -2.01. The predicted molar refractivity (Wildman–Crippen MR) is 78.1 cm³/mol. The first-order chi connectivity index (χ1) is 9.58. The first kappa shape index (κ1) is 13.3. The number of alkyl halides is 1. The molecule has 3 nitrogen and oxygen atoms in total. The van der Waals surface area contributed by atoms with Crippen LogP contribution in [0.15, 0.2) is 30.5 Å². The standard InChI is InChI=1S/C14H10Cl2FN3/c1-8-2-12-14(18-7-8)20(13(6-15)19-12)11-4-9(16)3-10(17)5-11/h2-5,7H,6H2,1H3.